The molecule has 0 aliphatic rings. The SMILES string of the molecule is CCNC(=NCc1ncc(-c2ccc(C)cc2)o1)NCCCOCc1ccco1. The molecule has 0 atom stereocenters. The van der Waals surface area contributed by atoms with E-state index in [1.807, 2.05) is 31.2 Å². The molecule has 7 nitrogen and oxygen atoms in total. The summed E-state index contributed by atoms with van der Waals surface area (Å²) in [5.74, 6) is 2.90. The van der Waals surface area contributed by atoms with Crippen molar-refractivity contribution in [2.45, 2.75) is 33.4 Å². The number of aromatic nitrogens is 1. The van der Waals surface area contributed by atoms with Gasteiger partial charge in [-0.05, 0) is 32.4 Å². The van der Waals surface area contributed by atoms with Crippen molar-refractivity contribution >= 4 is 5.96 Å². The van der Waals surface area contributed by atoms with Gasteiger partial charge in [0.2, 0.25) is 5.89 Å². The molecule has 0 bridgehead atoms. The van der Waals surface area contributed by atoms with E-state index in [0.29, 0.717) is 25.6 Å². The third-order valence-corrected chi connectivity index (χ3v) is 4.19. The highest BCUT2D eigenvalue weighted by atomic mass is 16.5. The summed E-state index contributed by atoms with van der Waals surface area (Å²) in [6.45, 7) is 7.14. The van der Waals surface area contributed by atoms with Gasteiger partial charge in [-0.3, -0.25) is 0 Å². The summed E-state index contributed by atoms with van der Waals surface area (Å²) in [6.07, 6.45) is 4.25. The summed E-state index contributed by atoms with van der Waals surface area (Å²) in [5, 5.41) is 6.52. The van der Waals surface area contributed by atoms with Crippen LogP contribution in [0.25, 0.3) is 11.3 Å². The molecule has 0 spiro atoms. The number of rotatable bonds is 10. The lowest BCUT2D eigenvalue weighted by molar-refractivity contribution is 0.105. The van der Waals surface area contributed by atoms with Crippen LogP contribution >= 0.6 is 0 Å². The number of aliphatic imine (C=N–C) groups is 1. The van der Waals surface area contributed by atoms with Crippen molar-refractivity contribution in [3.05, 3.63) is 66.1 Å². The Hall–Kier alpha value is -3.06. The third-order valence-electron chi connectivity index (χ3n) is 4.19. The smallest absolute Gasteiger partial charge is 0.216 e. The molecule has 2 aromatic heterocycles. The summed E-state index contributed by atoms with van der Waals surface area (Å²) < 4.78 is 16.6. The molecule has 0 saturated heterocycles. The van der Waals surface area contributed by atoms with Crippen molar-refractivity contribution in [1.29, 1.82) is 0 Å². The average molecular weight is 396 g/mol. The first-order valence-electron chi connectivity index (χ1n) is 9.88. The lowest BCUT2D eigenvalue weighted by Crippen LogP contribution is -2.38. The number of ether oxygens (including phenoxy) is 1. The molecule has 154 valence electrons. The van der Waals surface area contributed by atoms with Gasteiger partial charge < -0.3 is 24.2 Å². The molecule has 0 saturated carbocycles. The number of hydrogen-bond donors (Lipinski definition) is 2. The molecule has 3 rings (SSSR count). The zero-order valence-corrected chi connectivity index (χ0v) is 17.0. The minimum Gasteiger partial charge on any atom is -0.467 e. The van der Waals surface area contributed by atoms with Gasteiger partial charge in [-0.2, -0.15) is 0 Å². The van der Waals surface area contributed by atoms with Crippen LogP contribution in [0.3, 0.4) is 0 Å². The zero-order chi connectivity index (χ0) is 20.3. The van der Waals surface area contributed by atoms with Crippen LogP contribution in [0.15, 0.2) is 62.7 Å². The number of oxazole rings is 1. The second-order valence-electron chi connectivity index (χ2n) is 6.59. The van der Waals surface area contributed by atoms with E-state index < -0.39 is 0 Å². The number of benzene rings is 1. The molecule has 0 unspecified atom stereocenters. The van der Waals surface area contributed by atoms with Gasteiger partial charge in [0.25, 0.3) is 0 Å². The van der Waals surface area contributed by atoms with Gasteiger partial charge in [0.1, 0.15) is 18.9 Å². The van der Waals surface area contributed by atoms with Crippen LogP contribution in [-0.4, -0.2) is 30.6 Å². The van der Waals surface area contributed by atoms with E-state index in [9.17, 15) is 0 Å². The fourth-order valence-electron chi connectivity index (χ4n) is 2.67. The monoisotopic (exact) mass is 396 g/mol. The number of furan rings is 1. The highest BCUT2D eigenvalue weighted by molar-refractivity contribution is 5.79. The van der Waals surface area contributed by atoms with Gasteiger partial charge in [0.05, 0.1) is 12.5 Å². The topological polar surface area (TPSA) is 84.8 Å². The molecule has 0 aliphatic carbocycles. The minimum atomic E-state index is 0.371. The zero-order valence-electron chi connectivity index (χ0n) is 17.0. The Balaban J connectivity index is 1.43. The maximum Gasteiger partial charge on any atom is 0.216 e. The standard InChI is InChI=1S/C22H28N4O3/c1-3-23-22(24-11-5-12-27-16-19-6-4-13-28-19)26-15-21-25-14-20(29-21)18-9-7-17(2)8-10-18/h4,6-10,13-14H,3,5,11-12,15-16H2,1-2H3,(H2,23,24,26). The molecule has 29 heavy (non-hydrogen) atoms. The van der Waals surface area contributed by atoms with Crippen molar-refractivity contribution in [3.63, 3.8) is 0 Å². The van der Waals surface area contributed by atoms with Crippen molar-refractivity contribution in [2.24, 2.45) is 4.99 Å². The average Bonchev–Trinajstić information content (AvgIpc) is 3.41. The molecular formula is C22H28N4O3. The summed E-state index contributed by atoms with van der Waals surface area (Å²) >= 11 is 0. The van der Waals surface area contributed by atoms with E-state index >= 15 is 0 Å². The first kappa shape index (κ1) is 20.7. The first-order chi connectivity index (χ1) is 14.2. The minimum absolute atomic E-state index is 0.371. The normalized spacial score (nSPS) is 11.6. The molecule has 0 amide bonds. The van der Waals surface area contributed by atoms with E-state index in [4.69, 9.17) is 13.6 Å². The van der Waals surface area contributed by atoms with Crippen LogP contribution in [0, 0.1) is 6.92 Å². The largest absolute Gasteiger partial charge is 0.467 e. The molecular weight excluding hydrogens is 368 g/mol. The Bertz CT molecular complexity index is 870. The van der Waals surface area contributed by atoms with Gasteiger partial charge in [-0.1, -0.05) is 29.8 Å². The quantitative estimate of drug-likeness (QED) is 0.307. The fraction of sp³-hybridized carbons (Fsp3) is 0.364. The molecule has 0 aliphatic heterocycles. The molecule has 0 radical (unpaired) electrons. The Kier molecular flexibility index (Phi) is 7.89. The molecule has 2 heterocycles. The number of nitrogens with one attached hydrogen (secondary N) is 2. The lowest BCUT2D eigenvalue weighted by Gasteiger charge is -2.10. The second kappa shape index (κ2) is 11.1. The van der Waals surface area contributed by atoms with Crippen molar-refractivity contribution < 1.29 is 13.6 Å². The van der Waals surface area contributed by atoms with Crippen LogP contribution in [0.5, 0.6) is 0 Å². The third kappa shape index (κ3) is 6.80. The van der Waals surface area contributed by atoms with Gasteiger partial charge in [0, 0.05) is 25.3 Å². The molecule has 3 aromatic rings. The molecule has 2 N–H and O–H groups in total. The fourth-order valence-corrected chi connectivity index (χ4v) is 2.67. The summed E-state index contributed by atoms with van der Waals surface area (Å²) in [7, 11) is 0. The number of guanidine groups is 1. The Morgan fingerprint density at radius 2 is 2.03 bits per heavy atom. The van der Waals surface area contributed by atoms with E-state index in [0.717, 1.165) is 42.6 Å². The summed E-state index contributed by atoms with van der Waals surface area (Å²) in [5.41, 5.74) is 2.23. The number of aryl methyl sites for hydroxylation is 1. The van der Waals surface area contributed by atoms with Gasteiger partial charge in [0.15, 0.2) is 11.7 Å². The van der Waals surface area contributed by atoms with Crippen LogP contribution in [0.2, 0.25) is 0 Å². The molecule has 1 aromatic carbocycles. The van der Waals surface area contributed by atoms with Crippen LogP contribution < -0.4 is 10.6 Å². The van der Waals surface area contributed by atoms with Crippen LogP contribution in [-0.2, 0) is 17.9 Å². The van der Waals surface area contributed by atoms with Crippen molar-refractivity contribution in [2.75, 3.05) is 19.7 Å². The van der Waals surface area contributed by atoms with Gasteiger partial charge in [-0.25, -0.2) is 9.98 Å². The maximum absolute atomic E-state index is 5.83. The van der Waals surface area contributed by atoms with Crippen molar-refractivity contribution in [3.8, 4) is 11.3 Å². The van der Waals surface area contributed by atoms with E-state index in [1.165, 1.54) is 5.56 Å². The van der Waals surface area contributed by atoms with Gasteiger partial charge in [-0.15, -0.1) is 0 Å². The summed E-state index contributed by atoms with van der Waals surface area (Å²) in [6, 6.07) is 11.9. The highest BCUT2D eigenvalue weighted by Gasteiger charge is 2.06. The first-order valence-corrected chi connectivity index (χ1v) is 9.88. The van der Waals surface area contributed by atoms with E-state index in [2.05, 4.69) is 39.7 Å². The molecule has 0 fully saturated rings. The predicted octanol–water partition coefficient (Wildman–Crippen LogP) is 3.91. The van der Waals surface area contributed by atoms with E-state index in [1.54, 1.807) is 12.5 Å². The van der Waals surface area contributed by atoms with Crippen LogP contribution in [0.4, 0.5) is 0 Å². The van der Waals surface area contributed by atoms with E-state index in [-0.39, 0.29) is 0 Å². The van der Waals surface area contributed by atoms with Crippen molar-refractivity contribution in [1.82, 2.24) is 15.6 Å². The molecule has 7 heteroatoms. The predicted molar refractivity (Wildman–Crippen MR) is 112 cm³/mol. The Morgan fingerprint density at radius 1 is 1.17 bits per heavy atom. The second-order valence-corrected chi connectivity index (χ2v) is 6.59. The maximum atomic E-state index is 5.83. The number of hydrogen-bond acceptors (Lipinski definition) is 5. The number of nitrogens with zero attached hydrogens (tertiary/aromatic N) is 2. The Morgan fingerprint density at radius 3 is 2.79 bits per heavy atom. The van der Waals surface area contributed by atoms with Crippen LogP contribution in [0.1, 0.15) is 30.6 Å². The highest BCUT2D eigenvalue weighted by Crippen LogP contribution is 2.20. The van der Waals surface area contributed by atoms with Gasteiger partial charge >= 0.3 is 0 Å². The Labute approximate surface area is 171 Å². The lowest BCUT2D eigenvalue weighted by atomic mass is 10.1. The summed E-state index contributed by atoms with van der Waals surface area (Å²) in [4.78, 5) is 8.88.